The van der Waals surface area contributed by atoms with E-state index >= 15 is 0 Å². The van der Waals surface area contributed by atoms with E-state index in [0.29, 0.717) is 5.70 Å². The van der Waals surface area contributed by atoms with Crippen LogP contribution in [0.1, 0.15) is 24.0 Å². The van der Waals surface area contributed by atoms with Crippen molar-refractivity contribution in [3.8, 4) is 0 Å². The van der Waals surface area contributed by atoms with E-state index in [2.05, 4.69) is 38.7 Å². The second-order valence-corrected chi connectivity index (χ2v) is 7.50. The molecule has 5 rings (SSSR count). The zero-order valence-electron chi connectivity index (χ0n) is 15.5. The zero-order chi connectivity index (χ0) is 19.0. The van der Waals surface area contributed by atoms with Gasteiger partial charge >= 0.3 is 0 Å². The summed E-state index contributed by atoms with van der Waals surface area (Å²) in [6.45, 7) is 0. The molecule has 140 valence electrons. The van der Waals surface area contributed by atoms with Crippen LogP contribution in [0, 0.1) is 0 Å². The molecule has 1 fully saturated rings. The van der Waals surface area contributed by atoms with Crippen LogP contribution < -0.4 is 10.6 Å². The highest BCUT2D eigenvalue weighted by molar-refractivity contribution is 5.95. The highest BCUT2D eigenvalue weighted by Crippen LogP contribution is 2.45. The summed E-state index contributed by atoms with van der Waals surface area (Å²) in [5, 5.41) is 6.73. The normalized spacial score (nSPS) is 21.3. The Labute approximate surface area is 164 Å². The maximum Gasteiger partial charge on any atom is 0.270 e. The first kappa shape index (κ1) is 16.8. The number of nitrogens with zero attached hydrogens (tertiary/aromatic N) is 2. The molecule has 1 saturated carbocycles. The molecule has 1 aromatic heterocycles. The van der Waals surface area contributed by atoms with Crippen LogP contribution in [0.3, 0.4) is 0 Å². The van der Waals surface area contributed by atoms with E-state index in [1.54, 1.807) is 6.20 Å². The SMILES string of the molecule is O=C(NC1(c2ccccc2)CC1)C1=C2C=CC=CN2C(Cc2cccnc2)N1. The van der Waals surface area contributed by atoms with Crippen molar-refractivity contribution in [3.05, 3.63) is 102 Å². The number of carbonyl (C=O) groups excluding carboxylic acids is 1. The van der Waals surface area contributed by atoms with Crippen molar-refractivity contribution in [2.24, 2.45) is 0 Å². The third-order valence-electron chi connectivity index (χ3n) is 5.60. The second-order valence-electron chi connectivity index (χ2n) is 7.50. The van der Waals surface area contributed by atoms with Crippen LogP contribution in [0.2, 0.25) is 0 Å². The van der Waals surface area contributed by atoms with Crippen molar-refractivity contribution in [2.75, 3.05) is 0 Å². The molecule has 1 aliphatic carbocycles. The van der Waals surface area contributed by atoms with Crippen molar-refractivity contribution in [1.29, 1.82) is 0 Å². The van der Waals surface area contributed by atoms with Gasteiger partial charge < -0.3 is 15.5 Å². The van der Waals surface area contributed by atoms with Gasteiger partial charge in [-0.05, 0) is 42.2 Å². The van der Waals surface area contributed by atoms with Crippen molar-refractivity contribution in [1.82, 2.24) is 20.5 Å². The number of hydrogen-bond acceptors (Lipinski definition) is 4. The monoisotopic (exact) mass is 370 g/mol. The van der Waals surface area contributed by atoms with E-state index < -0.39 is 0 Å². The number of fused-ring (bicyclic) bond motifs is 1. The Bertz CT molecular complexity index is 974. The number of pyridine rings is 1. The number of carbonyl (C=O) groups is 1. The lowest BCUT2D eigenvalue weighted by Crippen LogP contribution is -2.41. The number of nitrogens with one attached hydrogen (secondary N) is 2. The Morgan fingerprint density at radius 3 is 2.79 bits per heavy atom. The third kappa shape index (κ3) is 2.99. The fraction of sp³-hybridized carbons (Fsp3) is 0.217. The molecule has 0 bridgehead atoms. The van der Waals surface area contributed by atoms with Crippen molar-refractivity contribution in [3.63, 3.8) is 0 Å². The highest BCUT2D eigenvalue weighted by Gasteiger charge is 2.47. The summed E-state index contributed by atoms with van der Waals surface area (Å²) >= 11 is 0. The summed E-state index contributed by atoms with van der Waals surface area (Å²) in [7, 11) is 0. The van der Waals surface area contributed by atoms with E-state index in [1.165, 1.54) is 5.56 Å². The summed E-state index contributed by atoms with van der Waals surface area (Å²) in [5.41, 5.74) is 3.63. The van der Waals surface area contributed by atoms with Gasteiger partial charge in [0.15, 0.2) is 0 Å². The molecular formula is C23H22N4O. The van der Waals surface area contributed by atoms with Gasteiger partial charge in [0.25, 0.3) is 5.91 Å². The quantitative estimate of drug-likeness (QED) is 0.850. The van der Waals surface area contributed by atoms with Crippen LogP contribution in [-0.4, -0.2) is 22.0 Å². The summed E-state index contributed by atoms with van der Waals surface area (Å²) in [6, 6.07) is 14.2. The lowest BCUT2D eigenvalue weighted by molar-refractivity contribution is -0.118. The molecule has 1 atom stereocenters. The Morgan fingerprint density at radius 1 is 1.18 bits per heavy atom. The molecule has 3 aliphatic rings. The van der Waals surface area contributed by atoms with E-state index in [4.69, 9.17) is 0 Å². The Kier molecular flexibility index (Phi) is 4.01. The highest BCUT2D eigenvalue weighted by atomic mass is 16.2. The second kappa shape index (κ2) is 6.68. The maximum absolute atomic E-state index is 13.2. The first-order valence-electron chi connectivity index (χ1n) is 9.66. The maximum atomic E-state index is 13.2. The lowest BCUT2D eigenvalue weighted by atomic mass is 10.0. The minimum atomic E-state index is -0.228. The fourth-order valence-corrected chi connectivity index (χ4v) is 3.97. The van der Waals surface area contributed by atoms with Crippen LogP contribution >= 0.6 is 0 Å². The number of hydrogen-bond donors (Lipinski definition) is 2. The third-order valence-corrected chi connectivity index (χ3v) is 5.60. The van der Waals surface area contributed by atoms with E-state index in [-0.39, 0.29) is 17.6 Å². The molecule has 2 N–H and O–H groups in total. The molecule has 5 heteroatoms. The minimum absolute atomic E-state index is 0.00646. The molecule has 2 aromatic rings. The van der Waals surface area contributed by atoms with E-state index in [1.807, 2.05) is 54.9 Å². The number of aromatic nitrogens is 1. The molecule has 5 nitrogen and oxygen atoms in total. The van der Waals surface area contributed by atoms with Gasteiger partial charge in [0.1, 0.15) is 11.9 Å². The molecule has 3 heterocycles. The largest absolute Gasteiger partial charge is 0.358 e. The number of allylic oxidation sites excluding steroid dienone is 3. The van der Waals surface area contributed by atoms with Crippen LogP contribution in [-0.2, 0) is 16.8 Å². The molecular weight excluding hydrogens is 348 g/mol. The van der Waals surface area contributed by atoms with E-state index in [9.17, 15) is 4.79 Å². The van der Waals surface area contributed by atoms with Crippen molar-refractivity contribution < 1.29 is 4.79 Å². The summed E-state index contributed by atoms with van der Waals surface area (Å²) < 4.78 is 0. The van der Waals surface area contributed by atoms with Gasteiger partial charge in [0, 0.05) is 25.0 Å². The first-order valence-corrected chi connectivity index (χ1v) is 9.66. The first-order chi connectivity index (χ1) is 13.8. The van der Waals surface area contributed by atoms with Gasteiger partial charge in [-0.3, -0.25) is 9.78 Å². The lowest BCUT2D eigenvalue weighted by Gasteiger charge is -2.25. The van der Waals surface area contributed by atoms with Crippen LogP contribution in [0.4, 0.5) is 0 Å². The molecule has 28 heavy (non-hydrogen) atoms. The molecule has 1 aromatic carbocycles. The van der Waals surface area contributed by atoms with Crippen LogP contribution in [0.15, 0.2) is 90.7 Å². The average Bonchev–Trinajstić information content (AvgIpc) is 3.44. The fourth-order valence-electron chi connectivity index (χ4n) is 3.97. The molecule has 0 spiro atoms. The zero-order valence-corrected chi connectivity index (χ0v) is 15.5. The van der Waals surface area contributed by atoms with E-state index in [0.717, 1.165) is 30.5 Å². The predicted octanol–water partition coefficient (Wildman–Crippen LogP) is 2.96. The van der Waals surface area contributed by atoms with Crippen molar-refractivity contribution >= 4 is 5.91 Å². The van der Waals surface area contributed by atoms with Crippen LogP contribution in [0.25, 0.3) is 0 Å². The Morgan fingerprint density at radius 2 is 2.04 bits per heavy atom. The van der Waals surface area contributed by atoms with Gasteiger partial charge in [0.2, 0.25) is 0 Å². The molecule has 1 unspecified atom stereocenters. The van der Waals surface area contributed by atoms with Gasteiger partial charge in [0.05, 0.1) is 11.2 Å². The summed E-state index contributed by atoms with van der Waals surface area (Å²) in [6.07, 6.45) is 14.3. The average molecular weight is 370 g/mol. The number of rotatable bonds is 5. The van der Waals surface area contributed by atoms with Crippen molar-refractivity contribution in [2.45, 2.75) is 31.0 Å². The minimum Gasteiger partial charge on any atom is -0.358 e. The molecule has 2 aliphatic heterocycles. The smallest absolute Gasteiger partial charge is 0.270 e. The van der Waals surface area contributed by atoms with Gasteiger partial charge in [-0.1, -0.05) is 42.5 Å². The molecule has 0 saturated heterocycles. The predicted molar refractivity (Wildman–Crippen MR) is 108 cm³/mol. The summed E-state index contributed by atoms with van der Waals surface area (Å²) in [4.78, 5) is 19.5. The summed E-state index contributed by atoms with van der Waals surface area (Å²) in [5.74, 6) is -0.0463. The number of amides is 1. The Balaban J connectivity index is 1.37. The Hall–Kier alpha value is -3.34. The molecule has 0 radical (unpaired) electrons. The van der Waals surface area contributed by atoms with Gasteiger partial charge in [-0.15, -0.1) is 0 Å². The molecule has 1 amide bonds. The topological polar surface area (TPSA) is 57.3 Å². The van der Waals surface area contributed by atoms with Crippen LogP contribution in [0.5, 0.6) is 0 Å². The van der Waals surface area contributed by atoms with Gasteiger partial charge in [-0.25, -0.2) is 0 Å². The van der Waals surface area contributed by atoms with Gasteiger partial charge in [-0.2, -0.15) is 0 Å². The standard InChI is InChI=1S/C23H22N4O/c28-22(26-23(11-12-23)18-8-2-1-3-9-18)21-19-10-4-5-14-27(19)20(25-21)15-17-7-6-13-24-16-17/h1-10,13-14,16,20,25H,11-12,15H2,(H,26,28). The number of benzene rings is 1.